The normalized spacial score (nSPS) is 12.7. The maximum Gasteiger partial charge on any atom is 0.357 e. The first kappa shape index (κ1) is 10.1. The first-order chi connectivity index (χ1) is 7.16. The minimum Gasteiger partial charge on any atom is -0.380 e. The topological polar surface area (TPSA) is 46.5 Å². The van der Waals surface area contributed by atoms with Crippen LogP contribution in [0.1, 0.15) is 5.56 Å². The van der Waals surface area contributed by atoms with Gasteiger partial charge in [-0.25, -0.2) is 0 Å². The van der Waals surface area contributed by atoms with Crippen LogP contribution in [0.3, 0.4) is 0 Å². The molecule has 15 heavy (non-hydrogen) atoms. The Morgan fingerprint density at radius 1 is 1.20 bits per heavy atom. The summed E-state index contributed by atoms with van der Waals surface area (Å²) < 4.78 is 24.0. The van der Waals surface area contributed by atoms with E-state index in [1.165, 1.54) is 0 Å². The largest absolute Gasteiger partial charge is 0.380 e. The van der Waals surface area contributed by atoms with Crippen molar-refractivity contribution in [2.45, 2.75) is 6.92 Å². The standard InChI is InChI=1S/C11H10O3S/c1-8-6-9-4-2-3-5-10(9)7-11(8)14-15(12)13/h2-7H,1H3,(H,12,13). The van der Waals surface area contributed by atoms with Crippen molar-refractivity contribution in [1.29, 1.82) is 0 Å². The fraction of sp³-hybridized carbons (Fsp3) is 0.0909. The molecule has 0 fully saturated rings. The third-order valence-electron chi connectivity index (χ3n) is 2.20. The van der Waals surface area contributed by atoms with Crippen molar-refractivity contribution in [3.8, 4) is 5.75 Å². The molecule has 0 spiro atoms. The number of hydrogen-bond donors (Lipinski definition) is 1. The summed E-state index contributed by atoms with van der Waals surface area (Å²) in [6.07, 6.45) is 0. The van der Waals surface area contributed by atoms with E-state index in [9.17, 15) is 4.21 Å². The van der Waals surface area contributed by atoms with Crippen LogP contribution in [0.4, 0.5) is 0 Å². The molecule has 2 aromatic carbocycles. The van der Waals surface area contributed by atoms with E-state index in [0.29, 0.717) is 5.75 Å². The summed E-state index contributed by atoms with van der Waals surface area (Å²) in [5.74, 6) is 0.439. The molecule has 3 nitrogen and oxygen atoms in total. The Hall–Kier alpha value is -1.39. The molecule has 1 atom stereocenters. The number of rotatable bonds is 2. The molecule has 0 aliphatic heterocycles. The Morgan fingerprint density at radius 2 is 1.80 bits per heavy atom. The van der Waals surface area contributed by atoms with E-state index in [1.54, 1.807) is 6.07 Å². The maximum atomic E-state index is 10.5. The highest BCUT2D eigenvalue weighted by Gasteiger charge is 2.04. The van der Waals surface area contributed by atoms with Gasteiger partial charge in [-0.3, -0.25) is 4.55 Å². The van der Waals surface area contributed by atoms with Gasteiger partial charge >= 0.3 is 11.4 Å². The molecule has 1 unspecified atom stereocenters. The molecule has 0 saturated heterocycles. The number of hydrogen-bond acceptors (Lipinski definition) is 2. The molecular weight excluding hydrogens is 212 g/mol. The Morgan fingerprint density at radius 3 is 2.40 bits per heavy atom. The van der Waals surface area contributed by atoms with Crippen molar-refractivity contribution >= 4 is 22.1 Å². The van der Waals surface area contributed by atoms with E-state index in [4.69, 9.17) is 8.74 Å². The molecule has 0 saturated carbocycles. The molecule has 2 aromatic rings. The summed E-state index contributed by atoms with van der Waals surface area (Å²) in [6.45, 7) is 1.84. The Labute approximate surface area is 90.2 Å². The minimum absolute atomic E-state index is 0.439. The van der Waals surface area contributed by atoms with Crippen molar-refractivity contribution in [1.82, 2.24) is 0 Å². The van der Waals surface area contributed by atoms with E-state index >= 15 is 0 Å². The van der Waals surface area contributed by atoms with Crippen LogP contribution in [0.5, 0.6) is 5.75 Å². The predicted molar refractivity (Wildman–Crippen MR) is 60.1 cm³/mol. The monoisotopic (exact) mass is 222 g/mol. The van der Waals surface area contributed by atoms with Crippen LogP contribution in [0.15, 0.2) is 36.4 Å². The highest BCUT2D eigenvalue weighted by Crippen LogP contribution is 2.25. The van der Waals surface area contributed by atoms with Crippen molar-refractivity contribution in [3.63, 3.8) is 0 Å². The van der Waals surface area contributed by atoms with Crippen LogP contribution in [0, 0.1) is 6.92 Å². The quantitative estimate of drug-likeness (QED) is 0.794. The summed E-state index contributed by atoms with van der Waals surface area (Å²) in [7, 11) is 0. The van der Waals surface area contributed by atoms with Gasteiger partial charge in [0.05, 0.1) is 0 Å². The molecule has 78 valence electrons. The van der Waals surface area contributed by atoms with E-state index in [2.05, 4.69) is 0 Å². The van der Waals surface area contributed by atoms with Crippen LogP contribution in [-0.2, 0) is 11.4 Å². The van der Waals surface area contributed by atoms with Gasteiger partial charge in [-0.2, -0.15) is 4.21 Å². The van der Waals surface area contributed by atoms with Gasteiger partial charge in [-0.05, 0) is 35.4 Å². The second-order valence-corrected chi connectivity index (χ2v) is 3.87. The molecule has 1 N–H and O–H groups in total. The van der Waals surface area contributed by atoms with Crippen LogP contribution < -0.4 is 4.18 Å². The molecule has 0 aliphatic rings. The lowest BCUT2D eigenvalue weighted by molar-refractivity contribution is 0.457. The molecule has 4 heteroatoms. The highest BCUT2D eigenvalue weighted by molar-refractivity contribution is 7.74. The maximum absolute atomic E-state index is 10.5. The van der Waals surface area contributed by atoms with Gasteiger partial charge in [0.25, 0.3) is 0 Å². The van der Waals surface area contributed by atoms with E-state index in [0.717, 1.165) is 16.3 Å². The second-order valence-electron chi connectivity index (χ2n) is 3.27. The molecule has 0 radical (unpaired) electrons. The third-order valence-corrected chi connectivity index (χ3v) is 2.53. The molecular formula is C11H10O3S. The first-order valence-electron chi connectivity index (χ1n) is 4.45. The predicted octanol–water partition coefficient (Wildman–Crippen LogP) is 2.66. The first-order valence-corrected chi connectivity index (χ1v) is 5.48. The molecule has 0 aromatic heterocycles. The fourth-order valence-corrected chi connectivity index (χ4v) is 1.83. The average molecular weight is 222 g/mol. The summed E-state index contributed by atoms with van der Waals surface area (Å²) in [6, 6.07) is 11.5. The second kappa shape index (κ2) is 4.00. The van der Waals surface area contributed by atoms with Gasteiger partial charge in [-0.1, -0.05) is 24.3 Å². The average Bonchev–Trinajstić information content (AvgIpc) is 2.18. The number of benzene rings is 2. The van der Waals surface area contributed by atoms with Crippen molar-refractivity contribution in [2.24, 2.45) is 0 Å². The lowest BCUT2D eigenvalue weighted by atomic mass is 10.1. The number of fused-ring (bicyclic) bond motifs is 1. The molecule has 2 rings (SSSR count). The van der Waals surface area contributed by atoms with E-state index < -0.39 is 11.4 Å². The van der Waals surface area contributed by atoms with Gasteiger partial charge in [0.2, 0.25) is 0 Å². The Kier molecular flexibility index (Phi) is 2.70. The summed E-state index contributed by atoms with van der Waals surface area (Å²) in [5.41, 5.74) is 0.844. The summed E-state index contributed by atoms with van der Waals surface area (Å²) in [5, 5.41) is 2.08. The molecule has 0 bridgehead atoms. The van der Waals surface area contributed by atoms with Gasteiger partial charge in [0.15, 0.2) is 0 Å². The van der Waals surface area contributed by atoms with Crippen LogP contribution in [0.25, 0.3) is 10.8 Å². The van der Waals surface area contributed by atoms with E-state index in [-0.39, 0.29) is 0 Å². The molecule has 0 heterocycles. The van der Waals surface area contributed by atoms with Gasteiger partial charge in [-0.15, -0.1) is 0 Å². The summed E-state index contributed by atoms with van der Waals surface area (Å²) in [4.78, 5) is 0. The third kappa shape index (κ3) is 2.16. The Balaban J connectivity index is 2.56. The molecule has 0 aliphatic carbocycles. The van der Waals surface area contributed by atoms with E-state index in [1.807, 2.05) is 37.3 Å². The highest BCUT2D eigenvalue weighted by atomic mass is 32.2. The molecule has 0 amide bonds. The Bertz CT molecular complexity index is 522. The smallest absolute Gasteiger partial charge is 0.357 e. The van der Waals surface area contributed by atoms with Gasteiger partial charge in [0.1, 0.15) is 5.75 Å². The lowest BCUT2D eigenvalue weighted by Crippen LogP contribution is -1.98. The van der Waals surface area contributed by atoms with Crippen molar-refractivity contribution < 1.29 is 12.9 Å². The zero-order chi connectivity index (χ0) is 10.8. The minimum atomic E-state index is -2.27. The number of aryl methyl sites for hydroxylation is 1. The fourth-order valence-electron chi connectivity index (χ4n) is 1.50. The van der Waals surface area contributed by atoms with Crippen molar-refractivity contribution in [3.05, 3.63) is 42.0 Å². The van der Waals surface area contributed by atoms with Gasteiger partial charge < -0.3 is 4.18 Å². The van der Waals surface area contributed by atoms with Gasteiger partial charge in [0, 0.05) is 0 Å². The van der Waals surface area contributed by atoms with Crippen molar-refractivity contribution in [2.75, 3.05) is 0 Å². The SMILES string of the molecule is Cc1cc2ccccc2cc1OS(=O)O. The van der Waals surface area contributed by atoms with Crippen LogP contribution >= 0.6 is 0 Å². The summed E-state index contributed by atoms with van der Waals surface area (Å²) >= 11 is -2.27. The lowest BCUT2D eigenvalue weighted by Gasteiger charge is -2.06. The van der Waals surface area contributed by atoms with Crippen LogP contribution in [0.2, 0.25) is 0 Å². The zero-order valence-corrected chi connectivity index (χ0v) is 8.95. The van der Waals surface area contributed by atoms with Crippen LogP contribution in [-0.4, -0.2) is 8.76 Å². The zero-order valence-electron chi connectivity index (χ0n) is 8.14.